The molecule has 0 amide bonds. The smallest absolute Gasteiger partial charge is 0.0783 e. The molecule has 5 rings (SSSR count). The Morgan fingerprint density at radius 2 is 1.61 bits per heavy atom. The molecule has 0 unspecified atom stereocenters. The number of fused-ring (bicyclic) bond motifs is 2. The van der Waals surface area contributed by atoms with Crippen molar-refractivity contribution >= 4 is 40.1 Å². The molecular weight excluding hydrogens is 340 g/mol. The molecule has 0 fully saturated rings. The first kappa shape index (κ1) is 16.6. The highest BCUT2D eigenvalue weighted by atomic mass is 15.2. The lowest BCUT2D eigenvalue weighted by molar-refractivity contribution is 1.01. The predicted octanol–water partition coefficient (Wildman–Crippen LogP) is 5.49. The Kier molecular flexibility index (Phi) is 3.56. The van der Waals surface area contributed by atoms with E-state index < -0.39 is 0 Å². The molecule has 1 aromatic heterocycles. The van der Waals surface area contributed by atoms with Gasteiger partial charge in [0, 0.05) is 16.3 Å². The van der Waals surface area contributed by atoms with Crippen LogP contribution in [0.5, 0.6) is 0 Å². The first-order valence-corrected chi connectivity index (χ1v) is 9.54. The molecule has 0 radical (unpaired) electrons. The molecule has 136 valence electrons. The summed E-state index contributed by atoms with van der Waals surface area (Å²) in [6.07, 6.45) is 1.92. The van der Waals surface area contributed by atoms with Crippen molar-refractivity contribution in [3.05, 3.63) is 95.5 Å². The van der Waals surface area contributed by atoms with Gasteiger partial charge >= 0.3 is 0 Å². The summed E-state index contributed by atoms with van der Waals surface area (Å²) in [6, 6.07) is 23.6. The standard InChI is InChI=1S/C26H22N2/c1-5-17(2)24-19(4)21-14-10-16-23-26(21)28(24)25-18(3)11-9-15-22(25)27(23)20-12-7-6-8-13-20/h5-16H,1,4H2,2-3H3/b24-17+. The zero-order chi connectivity index (χ0) is 19.4. The van der Waals surface area contributed by atoms with E-state index in [9.17, 15) is 0 Å². The van der Waals surface area contributed by atoms with Gasteiger partial charge in [0.1, 0.15) is 0 Å². The van der Waals surface area contributed by atoms with Crippen LogP contribution in [0.1, 0.15) is 12.5 Å². The normalized spacial score (nSPS) is 13.4. The van der Waals surface area contributed by atoms with Gasteiger partial charge in [-0.1, -0.05) is 61.7 Å². The van der Waals surface area contributed by atoms with Gasteiger partial charge < -0.3 is 9.47 Å². The summed E-state index contributed by atoms with van der Waals surface area (Å²) in [6.45, 7) is 12.8. The lowest BCUT2D eigenvalue weighted by Gasteiger charge is -2.34. The Labute approximate surface area is 165 Å². The van der Waals surface area contributed by atoms with E-state index in [-0.39, 0.29) is 0 Å². The Bertz CT molecular complexity index is 1360. The van der Waals surface area contributed by atoms with E-state index in [2.05, 4.69) is 103 Å². The van der Waals surface area contributed by atoms with Gasteiger partial charge in [-0.2, -0.15) is 0 Å². The van der Waals surface area contributed by atoms with Crippen LogP contribution in [-0.2, 0) is 0 Å². The molecule has 0 spiro atoms. The van der Waals surface area contributed by atoms with Gasteiger partial charge in [-0.3, -0.25) is 0 Å². The molecule has 2 heterocycles. The van der Waals surface area contributed by atoms with Crippen molar-refractivity contribution in [1.29, 1.82) is 0 Å². The van der Waals surface area contributed by atoms with E-state index in [1.165, 1.54) is 33.5 Å². The van der Waals surface area contributed by atoms with Crippen molar-refractivity contribution in [2.24, 2.45) is 0 Å². The van der Waals surface area contributed by atoms with Gasteiger partial charge in [-0.05, 0) is 49.2 Å². The summed E-state index contributed by atoms with van der Waals surface area (Å²) >= 11 is 0. The second kappa shape index (κ2) is 6.00. The van der Waals surface area contributed by atoms with Gasteiger partial charge in [0.05, 0.1) is 27.9 Å². The maximum Gasteiger partial charge on any atom is 0.0783 e. The van der Waals surface area contributed by atoms with Crippen molar-refractivity contribution < 1.29 is 0 Å². The zero-order valence-corrected chi connectivity index (χ0v) is 16.2. The van der Waals surface area contributed by atoms with E-state index in [1.54, 1.807) is 0 Å². The first-order chi connectivity index (χ1) is 13.6. The molecule has 28 heavy (non-hydrogen) atoms. The molecule has 2 nitrogen and oxygen atoms in total. The van der Waals surface area contributed by atoms with E-state index in [1.807, 2.05) is 6.08 Å². The van der Waals surface area contributed by atoms with E-state index in [4.69, 9.17) is 0 Å². The molecule has 0 aliphatic carbocycles. The van der Waals surface area contributed by atoms with Crippen LogP contribution in [0.15, 0.2) is 79.4 Å². The van der Waals surface area contributed by atoms with Crippen LogP contribution in [-0.4, -0.2) is 4.57 Å². The average molecular weight is 362 g/mol. The first-order valence-electron chi connectivity index (χ1n) is 9.54. The summed E-state index contributed by atoms with van der Waals surface area (Å²) in [7, 11) is 0. The van der Waals surface area contributed by atoms with Crippen molar-refractivity contribution in [1.82, 2.24) is 4.57 Å². The lowest BCUT2D eigenvalue weighted by Crippen LogP contribution is -2.31. The molecule has 3 aromatic carbocycles. The number of aromatic nitrogens is 1. The fourth-order valence-corrected chi connectivity index (χ4v) is 4.40. The highest BCUT2D eigenvalue weighted by Crippen LogP contribution is 2.45. The van der Waals surface area contributed by atoms with Crippen LogP contribution in [0.3, 0.4) is 0 Å². The third-order valence-corrected chi connectivity index (χ3v) is 5.69. The molecule has 0 N–H and O–H groups in total. The second-order valence-electron chi connectivity index (χ2n) is 7.34. The third kappa shape index (κ3) is 2.09. The van der Waals surface area contributed by atoms with Crippen molar-refractivity contribution in [3.8, 4) is 5.69 Å². The van der Waals surface area contributed by atoms with Gasteiger partial charge in [-0.15, -0.1) is 0 Å². The number of allylic oxidation sites excluding steroid dienone is 1. The molecule has 0 saturated carbocycles. The van der Waals surface area contributed by atoms with Crippen LogP contribution in [0.4, 0.5) is 17.1 Å². The maximum absolute atomic E-state index is 4.45. The fraction of sp³-hybridized carbons (Fsp3) is 0.0769. The lowest BCUT2D eigenvalue weighted by atomic mass is 10.1. The van der Waals surface area contributed by atoms with Crippen molar-refractivity contribution in [2.45, 2.75) is 13.8 Å². The van der Waals surface area contributed by atoms with Gasteiger partial charge in [-0.25, -0.2) is 0 Å². The number of aryl methyl sites for hydroxylation is 1. The van der Waals surface area contributed by atoms with Crippen LogP contribution in [0.2, 0.25) is 0 Å². The van der Waals surface area contributed by atoms with Crippen molar-refractivity contribution in [2.75, 3.05) is 4.90 Å². The monoisotopic (exact) mass is 362 g/mol. The van der Waals surface area contributed by atoms with Gasteiger partial charge in [0.2, 0.25) is 0 Å². The number of nitrogens with zero attached hydrogens (tertiary/aromatic N) is 2. The minimum atomic E-state index is 1.05. The second-order valence-corrected chi connectivity index (χ2v) is 7.34. The molecule has 0 bridgehead atoms. The summed E-state index contributed by atoms with van der Waals surface area (Å²) in [5, 5.41) is 3.38. The highest BCUT2D eigenvalue weighted by Gasteiger charge is 2.28. The molecule has 2 heteroatoms. The highest BCUT2D eigenvalue weighted by molar-refractivity contribution is 6.03. The minimum Gasteiger partial charge on any atom is -0.306 e. The topological polar surface area (TPSA) is 8.17 Å². The van der Waals surface area contributed by atoms with Crippen LogP contribution in [0, 0.1) is 6.92 Å². The number of rotatable bonds is 2. The Hall–Kier alpha value is -3.52. The SMILES string of the molecule is C=C/C(C)=c1\c(=C)c2cccc3c2n1-c1c(C)cccc1N3c1ccccc1. The summed E-state index contributed by atoms with van der Waals surface area (Å²) in [5.74, 6) is 0. The predicted molar refractivity (Wildman–Crippen MR) is 120 cm³/mol. The van der Waals surface area contributed by atoms with Crippen LogP contribution in [0.25, 0.3) is 28.7 Å². The number of hydrogen-bond donors (Lipinski definition) is 0. The van der Waals surface area contributed by atoms with Gasteiger partial charge in [0.15, 0.2) is 0 Å². The molecule has 0 saturated heterocycles. The molecular formula is C26H22N2. The number of anilines is 3. The minimum absolute atomic E-state index is 1.05. The molecule has 1 aliphatic heterocycles. The van der Waals surface area contributed by atoms with Crippen LogP contribution < -0.4 is 15.5 Å². The maximum atomic E-state index is 4.45. The summed E-state index contributed by atoms with van der Waals surface area (Å²) in [4.78, 5) is 2.36. The Balaban J connectivity index is 2.07. The van der Waals surface area contributed by atoms with Crippen LogP contribution >= 0.6 is 0 Å². The number of benzene rings is 3. The largest absolute Gasteiger partial charge is 0.306 e. The summed E-state index contributed by atoms with van der Waals surface area (Å²) in [5.41, 5.74) is 8.30. The van der Waals surface area contributed by atoms with E-state index in [0.717, 1.165) is 21.8 Å². The molecule has 4 aromatic rings. The Morgan fingerprint density at radius 1 is 0.893 bits per heavy atom. The quantitative estimate of drug-likeness (QED) is 0.403. The number of para-hydroxylation sites is 3. The average Bonchev–Trinajstić information content (AvgIpc) is 3.02. The fourth-order valence-electron chi connectivity index (χ4n) is 4.40. The van der Waals surface area contributed by atoms with Crippen molar-refractivity contribution in [3.63, 3.8) is 0 Å². The third-order valence-electron chi connectivity index (χ3n) is 5.69. The molecule has 1 aliphatic rings. The molecule has 0 atom stereocenters. The van der Waals surface area contributed by atoms with Gasteiger partial charge in [0.25, 0.3) is 0 Å². The summed E-state index contributed by atoms with van der Waals surface area (Å²) < 4.78 is 2.38. The zero-order valence-electron chi connectivity index (χ0n) is 16.2. The van der Waals surface area contributed by atoms with E-state index in [0.29, 0.717) is 0 Å². The van der Waals surface area contributed by atoms with E-state index >= 15 is 0 Å². The number of hydrogen-bond acceptors (Lipinski definition) is 1. The Morgan fingerprint density at radius 3 is 2.36 bits per heavy atom.